The second kappa shape index (κ2) is 8.51. The molecule has 0 heterocycles. The largest absolute Gasteiger partial charge is 0.313 e. The van der Waals surface area contributed by atoms with E-state index in [1.54, 1.807) is 0 Å². The van der Waals surface area contributed by atoms with Gasteiger partial charge in [-0.3, -0.25) is 0 Å². The highest BCUT2D eigenvalue weighted by Crippen LogP contribution is 2.08. The van der Waals surface area contributed by atoms with Gasteiger partial charge in [-0.15, -0.1) is 0 Å². The molecule has 0 aliphatic carbocycles. The number of benzene rings is 1. The topological polar surface area (TPSA) is 58.2 Å². The smallest absolute Gasteiger partial charge is 0.216 e. The molecule has 0 aliphatic rings. The summed E-state index contributed by atoms with van der Waals surface area (Å²) in [6.45, 7) is 9.90. The summed E-state index contributed by atoms with van der Waals surface area (Å²) in [6, 6.07) is 7.68. The van der Waals surface area contributed by atoms with E-state index in [2.05, 4.69) is 23.9 Å². The van der Waals surface area contributed by atoms with Crippen LogP contribution in [0.5, 0.6) is 0 Å². The summed E-state index contributed by atoms with van der Waals surface area (Å²) >= 11 is 0. The predicted octanol–water partition coefficient (Wildman–Crippen LogP) is 2.65. The number of hydrogen-bond acceptors (Lipinski definition) is 3. The van der Waals surface area contributed by atoms with Crippen LogP contribution in [-0.4, -0.2) is 21.0 Å². The Kier molecular flexibility index (Phi) is 7.35. The minimum Gasteiger partial charge on any atom is -0.313 e. The molecule has 0 bridgehead atoms. The van der Waals surface area contributed by atoms with Gasteiger partial charge >= 0.3 is 0 Å². The van der Waals surface area contributed by atoms with Gasteiger partial charge in [0, 0.05) is 12.6 Å². The molecule has 21 heavy (non-hydrogen) atoms. The van der Waals surface area contributed by atoms with Crippen LogP contribution >= 0.6 is 0 Å². The Balaban J connectivity index is 2.47. The molecule has 0 saturated heterocycles. The third-order valence-electron chi connectivity index (χ3n) is 3.02. The number of rotatable bonds is 9. The van der Waals surface area contributed by atoms with E-state index in [9.17, 15) is 8.42 Å². The summed E-state index contributed by atoms with van der Waals surface area (Å²) in [5, 5.41) is 3.40. The summed E-state index contributed by atoms with van der Waals surface area (Å²) in [7, 11) is -3.24. The van der Waals surface area contributed by atoms with Crippen LogP contribution in [0.3, 0.4) is 0 Å². The molecule has 0 spiro atoms. The van der Waals surface area contributed by atoms with Gasteiger partial charge in [0.15, 0.2) is 0 Å². The van der Waals surface area contributed by atoms with Crippen molar-refractivity contribution in [2.75, 3.05) is 6.54 Å². The first-order valence-corrected chi connectivity index (χ1v) is 9.22. The lowest BCUT2D eigenvalue weighted by Crippen LogP contribution is -2.31. The lowest BCUT2D eigenvalue weighted by molar-refractivity contribution is 0.537. The summed E-state index contributed by atoms with van der Waals surface area (Å²) in [4.78, 5) is 0. The zero-order chi connectivity index (χ0) is 15.9. The first-order chi connectivity index (χ1) is 9.78. The van der Waals surface area contributed by atoms with E-state index >= 15 is 0 Å². The number of sulfonamides is 1. The quantitative estimate of drug-likeness (QED) is 0.689. The van der Waals surface area contributed by atoms with E-state index in [1.165, 1.54) is 5.56 Å². The van der Waals surface area contributed by atoms with E-state index < -0.39 is 10.0 Å². The second-order valence-electron chi connectivity index (χ2n) is 6.21. The molecule has 1 aromatic carbocycles. The highest BCUT2D eigenvalue weighted by molar-refractivity contribution is 7.88. The van der Waals surface area contributed by atoms with Gasteiger partial charge in [-0.05, 0) is 43.9 Å². The van der Waals surface area contributed by atoms with E-state index in [0.717, 1.165) is 25.1 Å². The van der Waals surface area contributed by atoms with Crippen molar-refractivity contribution in [3.63, 3.8) is 0 Å². The van der Waals surface area contributed by atoms with Crippen LogP contribution in [0, 0.1) is 5.92 Å². The Labute approximate surface area is 129 Å². The standard InChI is InChI=1S/C16H28N2O2S/c1-13(2)9-10-17-11-15-5-7-16(8-6-15)12-21(19,20)18-14(3)4/h5-8,13-14,17-18H,9-12H2,1-4H3. The zero-order valence-electron chi connectivity index (χ0n) is 13.5. The second-order valence-corrected chi connectivity index (χ2v) is 7.96. The molecule has 0 aliphatic heterocycles. The van der Waals surface area contributed by atoms with Crippen molar-refractivity contribution < 1.29 is 8.42 Å². The van der Waals surface area contributed by atoms with E-state index in [4.69, 9.17) is 0 Å². The highest BCUT2D eigenvalue weighted by Gasteiger charge is 2.12. The third-order valence-corrected chi connectivity index (χ3v) is 4.57. The molecule has 0 atom stereocenters. The van der Waals surface area contributed by atoms with Crippen LogP contribution in [0.15, 0.2) is 24.3 Å². The first-order valence-electron chi connectivity index (χ1n) is 7.57. The Hall–Kier alpha value is -0.910. The van der Waals surface area contributed by atoms with Gasteiger partial charge in [-0.2, -0.15) is 0 Å². The Morgan fingerprint density at radius 2 is 1.57 bits per heavy atom. The maximum atomic E-state index is 11.8. The van der Waals surface area contributed by atoms with E-state index in [-0.39, 0.29) is 11.8 Å². The maximum Gasteiger partial charge on any atom is 0.216 e. The van der Waals surface area contributed by atoms with Crippen LogP contribution in [0.25, 0.3) is 0 Å². The van der Waals surface area contributed by atoms with Gasteiger partial charge < -0.3 is 5.32 Å². The van der Waals surface area contributed by atoms with E-state index in [0.29, 0.717) is 5.92 Å². The van der Waals surface area contributed by atoms with Crippen LogP contribution < -0.4 is 10.0 Å². The molecule has 1 rings (SSSR count). The third kappa shape index (κ3) is 8.19. The van der Waals surface area contributed by atoms with Crippen molar-refractivity contribution in [2.24, 2.45) is 5.92 Å². The molecule has 1 aromatic rings. The average molecular weight is 312 g/mol. The fourth-order valence-corrected chi connectivity index (χ4v) is 3.43. The van der Waals surface area contributed by atoms with Crippen LogP contribution in [-0.2, 0) is 22.3 Å². The molecule has 120 valence electrons. The predicted molar refractivity (Wildman–Crippen MR) is 88.5 cm³/mol. The van der Waals surface area contributed by atoms with Gasteiger partial charge in [0.1, 0.15) is 0 Å². The summed E-state index contributed by atoms with van der Waals surface area (Å²) in [6.07, 6.45) is 1.16. The molecule has 0 radical (unpaired) electrons. The highest BCUT2D eigenvalue weighted by atomic mass is 32.2. The fourth-order valence-electron chi connectivity index (χ4n) is 2.00. The normalized spacial score (nSPS) is 12.3. The SMILES string of the molecule is CC(C)CCNCc1ccc(CS(=O)(=O)NC(C)C)cc1. The molecule has 0 unspecified atom stereocenters. The maximum absolute atomic E-state index is 11.8. The van der Waals surface area contributed by atoms with Crippen LogP contribution in [0.1, 0.15) is 45.2 Å². The van der Waals surface area contributed by atoms with Gasteiger partial charge in [0.25, 0.3) is 0 Å². The molecular weight excluding hydrogens is 284 g/mol. The van der Waals surface area contributed by atoms with Crippen molar-refractivity contribution in [1.82, 2.24) is 10.0 Å². The Morgan fingerprint density at radius 1 is 1.00 bits per heavy atom. The lowest BCUT2D eigenvalue weighted by atomic mass is 10.1. The lowest BCUT2D eigenvalue weighted by Gasteiger charge is -2.10. The minimum atomic E-state index is -3.24. The van der Waals surface area contributed by atoms with Crippen molar-refractivity contribution in [1.29, 1.82) is 0 Å². The van der Waals surface area contributed by atoms with Gasteiger partial charge in [0.2, 0.25) is 10.0 Å². The first kappa shape index (κ1) is 18.1. The van der Waals surface area contributed by atoms with Gasteiger partial charge in [-0.1, -0.05) is 38.1 Å². The number of hydrogen-bond donors (Lipinski definition) is 2. The van der Waals surface area contributed by atoms with Crippen molar-refractivity contribution >= 4 is 10.0 Å². The summed E-state index contributed by atoms with van der Waals surface area (Å²) < 4.78 is 26.3. The molecule has 0 fully saturated rings. The van der Waals surface area contributed by atoms with Crippen molar-refractivity contribution in [3.05, 3.63) is 35.4 Å². The Morgan fingerprint density at radius 3 is 2.10 bits per heavy atom. The molecule has 4 nitrogen and oxygen atoms in total. The number of nitrogens with one attached hydrogen (secondary N) is 2. The van der Waals surface area contributed by atoms with Crippen molar-refractivity contribution in [2.45, 2.75) is 52.5 Å². The zero-order valence-corrected chi connectivity index (χ0v) is 14.3. The fraction of sp³-hybridized carbons (Fsp3) is 0.625. The molecule has 0 amide bonds. The summed E-state index contributed by atoms with van der Waals surface area (Å²) in [5.74, 6) is 0.741. The molecule has 0 aromatic heterocycles. The van der Waals surface area contributed by atoms with Gasteiger partial charge in [-0.25, -0.2) is 13.1 Å². The van der Waals surface area contributed by atoms with E-state index in [1.807, 2.05) is 38.1 Å². The molecule has 2 N–H and O–H groups in total. The van der Waals surface area contributed by atoms with Crippen LogP contribution in [0.2, 0.25) is 0 Å². The van der Waals surface area contributed by atoms with Crippen molar-refractivity contribution in [3.8, 4) is 0 Å². The summed E-state index contributed by atoms with van der Waals surface area (Å²) in [5.41, 5.74) is 1.99. The molecular formula is C16H28N2O2S. The molecule has 0 saturated carbocycles. The Bertz CT molecular complexity index is 508. The average Bonchev–Trinajstić information content (AvgIpc) is 2.34. The van der Waals surface area contributed by atoms with Crippen LogP contribution in [0.4, 0.5) is 0 Å². The minimum absolute atomic E-state index is 0.0340. The molecule has 5 heteroatoms. The van der Waals surface area contributed by atoms with Gasteiger partial charge in [0.05, 0.1) is 5.75 Å². The monoisotopic (exact) mass is 312 g/mol.